The van der Waals surface area contributed by atoms with Crippen LogP contribution in [0.25, 0.3) is 0 Å². The first-order chi connectivity index (χ1) is 9.66. The molecule has 8 heteroatoms. The van der Waals surface area contributed by atoms with Crippen molar-refractivity contribution in [3.63, 3.8) is 0 Å². The van der Waals surface area contributed by atoms with E-state index in [0.29, 0.717) is 12.1 Å². The normalized spacial score (nSPS) is 17.6. The minimum Gasteiger partial charge on any atom is -0.481 e. The quantitative estimate of drug-likeness (QED) is 0.802. The largest absolute Gasteiger partial charge is 0.481 e. The number of nitrogens with zero attached hydrogens (tertiary/aromatic N) is 4. The predicted molar refractivity (Wildman–Crippen MR) is 67.1 cm³/mol. The van der Waals surface area contributed by atoms with E-state index >= 15 is 0 Å². The smallest absolute Gasteiger partial charge is 0.308 e. The zero-order valence-electron chi connectivity index (χ0n) is 10.4. The van der Waals surface area contributed by atoms with Crippen molar-refractivity contribution in [2.24, 2.45) is 5.92 Å². The van der Waals surface area contributed by atoms with Crippen molar-refractivity contribution < 1.29 is 14.7 Å². The first kappa shape index (κ1) is 12.3. The molecular formula is C12H11N5O3. The van der Waals surface area contributed by atoms with E-state index in [1.165, 1.54) is 4.90 Å². The number of fused-ring (bicyclic) bond motifs is 1. The van der Waals surface area contributed by atoms with Crippen molar-refractivity contribution in [2.45, 2.75) is 6.42 Å². The second-order valence-electron chi connectivity index (χ2n) is 4.52. The highest BCUT2D eigenvalue weighted by molar-refractivity contribution is 6.04. The molecule has 1 atom stereocenters. The fourth-order valence-corrected chi connectivity index (χ4v) is 2.33. The Morgan fingerprint density at radius 2 is 2.15 bits per heavy atom. The molecule has 3 rings (SSSR count). The summed E-state index contributed by atoms with van der Waals surface area (Å²) < 4.78 is 0. The number of tetrazole rings is 1. The third-order valence-electron chi connectivity index (χ3n) is 3.28. The van der Waals surface area contributed by atoms with E-state index in [4.69, 9.17) is 0 Å². The number of amides is 1. The third-order valence-corrected chi connectivity index (χ3v) is 3.28. The summed E-state index contributed by atoms with van der Waals surface area (Å²) in [4.78, 5) is 25.0. The van der Waals surface area contributed by atoms with Crippen LogP contribution >= 0.6 is 0 Å². The number of carboxylic acid groups (broad SMARTS) is 1. The lowest BCUT2D eigenvalue weighted by Crippen LogP contribution is -2.43. The Morgan fingerprint density at radius 1 is 1.35 bits per heavy atom. The number of hydrogen-bond donors (Lipinski definition) is 2. The minimum absolute atomic E-state index is 0.0779. The molecule has 1 aromatic heterocycles. The van der Waals surface area contributed by atoms with Crippen molar-refractivity contribution in [3.8, 4) is 0 Å². The third kappa shape index (κ3) is 2.00. The molecule has 2 N–H and O–H groups in total. The summed E-state index contributed by atoms with van der Waals surface area (Å²) in [7, 11) is 0. The number of aliphatic carboxylic acids is 1. The second kappa shape index (κ2) is 4.72. The molecule has 0 saturated heterocycles. The average molecular weight is 273 g/mol. The Labute approximate surface area is 113 Å². The Kier molecular flexibility index (Phi) is 2.90. The Bertz CT molecular complexity index is 655. The van der Waals surface area contributed by atoms with Crippen molar-refractivity contribution in [2.75, 3.05) is 11.4 Å². The average Bonchev–Trinajstić information content (AvgIpc) is 2.99. The molecule has 1 amide bonds. The molecule has 1 aliphatic rings. The molecule has 1 aromatic carbocycles. The van der Waals surface area contributed by atoms with Crippen LogP contribution in [-0.4, -0.2) is 44.2 Å². The maximum Gasteiger partial charge on any atom is 0.308 e. The van der Waals surface area contributed by atoms with Gasteiger partial charge in [0.15, 0.2) is 0 Å². The van der Waals surface area contributed by atoms with Gasteiger partial charge >= 0.3 is 5.97 Å². The monoisotopic (exact) mass is 273 g/mol. The number of nitrogens with one attached hydrogen (secondary N) is 1. The maximum atomic E-state index is 12.3. The van der Waals surface area contributed by atoms with Gasteiger partial charge in [0.1, 0.15) is 0 Å². The fraction of sp³-hybridized carbons (Fsp3) is 0.250. The van der Waals surface area contributed by atoms with E-state index in [2.05, 4.69) is 20.6 Å². The molecular weight excluding hydrogens is 262 g/mol. The van der Waals surface area contributed by atoms with Gasteiger partial charge in [-0.25, -0.2) is 0 Å². The van der Waals surface area contributed by atoms with Crippen LogP contribution in [0.3, 0.4) is 0 Å². The van der Waals surface area contributed by atoms with Gasteiger partial charge in [0.25, 0.3) is 11.7 Å². The molecule has 0 aliphatic carbocycles. The van der Waals surface area contributed by atoms with Gasteiger partial charge in [-0.1, -0.05) is 18.2 Å². The van der Waals surface area contributed by atoms with Gasteiger partial charge in [-0.05, 0) is 23.3 Å². The summed E-state index contributed by atoms with van der Waals surface area (Å²) in [6, 6.07) is 7.23. The first-order valence-corrected chi connectivity index (χ1v) is 6.03. The summed E-state index contributed by atoms with van der Waals surface area (Å²) in [6.07, 6.45) is 0.404. The summed E-state index contributed by atoms with van der Waals surface area (Å²) in [6.45, 7) is 0.0969. The SMILES string of the molecule is O=C(O)C1Cc2ccccc2N(C(=O)c2nn[nH]n2)C1. The number of H-pyrrole nitrogens is 1. The number of benzene rings is 1. The van der Waals surface area contributed by atoms with Crippen LogP contribution < -0.4 is 4.90 Å². The molecule has 0 fully saturated rings. The van der Waals surface area contributed by atoms with E-state index in [9.17, 15) is 14.7 Å². The summed E-state index contributed by atoms with van der Waals surface area (Å²) in [5.74, 6) is -2.10. The number of carboxylic acids is 1. The molecule has 0 radical (unpaired) electrons. The lowest BCUT2D eigenvalue weighted by atomic mass is 9.92. The van der Waals surface area contributed by atoms with E-state index in [1.54, 1.807) is 12.1 Å². The topological polar surface area (TPSA) is 112 Å². The predicted octanol–water partition coefficient (Wildman–Crippen LogP) is 0.103. The molecule has 0 spiro atoms. The lowest BCUT2D eigenvalue weighted by Gasteiger charge is -2.32. The Balaban J connectivity index is 2.01. The number of rotatable bonds is 2. The highest BCUT2D eigenvalue weighted by atomic mass is 16.4. The van der Waals surface area contributed by atoms with Crippen molar-refractivity contribution in [3.05, 3.63) is 35.7 Å². The minimum atomic E-state index is -0.926. The standard InChI is InChI=1S/C12H11N5O3/c18-11(10-13-15-16-14-10)17-6-8(12(19)20)5-7-3-1-2-4-9(7)17/h1-4,8H,5-6H2,(H,19,20)(H,13,14,15,16). The number of anilines is 1. The summed E-state index contributed by atoms with van der Waals surface area (Å²) in [5.41, 5.74) is 1.52. The molecule has 0 saturated carbocycles. The zero-order valence-corrected chi connectivity index (χ0v) is 10.4. The number of para-hydroxylation sites is 1. The van der Waals surface area contributed by atoms with Gasteiger partial charge in [-0.15, -0.1) is 10.2 Å². The van der Waals surface area contributed by atoms with E-state index in [-0.39, 0.29) is 12.4 Å². The van der Waals surface area contributed by atoms with Gasteiger partial charge in [0.05, 0.1) is 5.92 Å². The van der Waals surface area contributed by atoms with Gasteiger partial charge < -0.3 is 10.0 Å². The molecule has 1 unspecified atom stereocenters. The highest BCUT2D eigenvalue weighted by Gasteiger charge is 2.33. The zero-order chi connectivity index (χ0) is 14.1. The fourth-order valence-electron chi connectivity index (χ4n) is 2.33. The number of carbonyl (C=O) groups is 2. The highest BCUT2D eigenvalue weighted by Crippen LogP contribution is 2.30. The van der Waals surface area contributed by atoms with Gasteiger partial charge in [0.2, 0.25) is 0 Å². The van der Waals surface area contributed by atoms with Gasteiger partial charge in [0, 0.05) is 12.2 Å². The van der Waals surface area contributed by atoms with Crippen molar-refractivity contribution in [1.82, 2.24) is 20.6 Å². The van der Waals surface area contributed by atoms with Gasteiger partial charge in [-0.2, -0.15) is 5.21 Å². The molecule has 20 heavy (non-hydrogen) atoms. The van der Waals surface area contributed by atoms with Crippen LogP contribution in [0.15, 0.2) is 24.3 Å². The second-order valence-corrected chi connectivity index (χ2v) is 4.52. The van der Waals surface area contributed by atoms with Crippen LogP contribution in [0.4, 0.5) is 5.69 Å². The lowest BCUT2D eigenvalue weighted by molar-refractivity contribution is -0.141. The summed E-state index contributed by atoms with van der Waals surface area (Å²) >= 11 is 0. The number of carbonyl (C=O) groups excluding carboxylic acids is 1. The summed E-state index contributed by atoms with van der Waals surface area (Å²) in [5, 5.41) is 22.1. The van der Waals surface area contributed by atoms with Crippen molar-refractivity contribution >= 4 is 17.6 Å². The van der Waals surface area contributed by atoms with E-state index in [1.807, 2.05) is 12.1 Å². The van der Waals surface area contributed by atoms with Crippen LogP contribution in [0.5, 0.6) is 0 Å². The van der Waals surface area contributed by atoms with E-state index < -0.39 is 17.8 Å². The first-order valence-electron chi connectivity index (χ1n) is 6.03. The number of aromatic nitrogens is 4. The van der Waals surface area contributed by atoms with Crippen molar-refractivity contribution in [1.29, 1.82) is 0 Å². The molecule has 0 bridgehead atoms. The molecule has 1 aliphatic heterocycles. The van der Waals surface area contributed by atoms with Crippen LogP contribution in [0, 0.1) is 5.92 Å². The Morgan fingerprint density at radius 3 is 2.85 bits per heavy atom. The number of hydrogen-bond acceptors (Lipinski definition) is 5. The van der Waals surface area contributed by atoms with Crippen LogP contribution in [0.1, 0.15) is 16.2 Å². The van der Waals surface area contributed by atoms with E-state index in [0.717, 1.165) is 5.56 Å². The van der Waals surface area contributed by atoms with Crippen LogP contribution in [0.2, 0.25) is 0 Å². The molecule has 8 nitrogen and oxygen atoms in total. The van der Waals surface area contributed by atoms with Gasteiger partial charge in [-0.3, -0.25) is 9.59 Å². The number of aromatic amines is 1. The maximum absolute atomic E-state index is 12.3. The molecule has 2 aromatic rings. The molecule has 102 valence electrons. The molecule has 2 heterocycles. The van der Waals surface area contributed by atoms with Crippen LogP contribution in [-0.2, 0) is 11.2 Å². The Hall–Kier alpha value is -2.77.